The van der Waals surface area contributed by atoms with Gasteiger partial charge in [-0.1, -0.05) is 41.4 Å². The molecule has 0 radical (unpaired) electrons. The minimum atomic E-state index is -3.20. The summed E-state index contributed by atoms with van der Waals surface area (Å²) >= 11 is 12.5. The van der Waals surface area contributed by atoms with E-state index >= 15 is 0 Å². The normalized spacial score (nSPS) is 13.8. The fraction of sp³-hybridized carbons (Fsp3) is 0.273. The number of anilines is 4. The van der Waals surface area contributed by atoms with Crippen molar-refractivity contribution in [3.63, 3.8) is 0 Å². The maximum Gasteiger partial charge on any atom is 0.229 e. The number of sulfonamides is 1. The van der Waals surface area contributed by atoms with Gasteiger partial charge >= 0.3 is 0 Å². The average Bonchev–Trinajstić information content (AvgIpc) is 3.60. The Morgan fingerprint density at radius 2 is 1.72 bits per heavy atom. The molecule has 0 aliphatic heterocycles. The third-order valence-corrected chi connectivity index (χ3v) is 7.73. The first kappa shape index (κ1) is 22.8. The van der Waals surface area contributed by atoms with E-state index in [-0.39, 0.29) is 11.8 Å². The third kappa shape index (κ3) is 5.50. The molecule has 0 bridgehead atoms. The SMILES string of the molecule is Cc1cc(C)c(Nc2ncc(Cl)c(Nc3ccc(CNS(=O)(=O)C4CC4)cc3)n2)cc1Cl. The lowest BCUT2D eigenvalue weighted by Crippen LogP contribution is -2.26. The number of nitrogens with zero attached hydrogens (tertiary/aromatic N) is 2. The monoisotopic (exact) mass is 491 g/mol. The zero-order valence-electron chi connectivity index (χ0n) is 17.6. The van der Waals surface area contributed by atoms with Crippen LogP contribution >= 0.6 is 23.2 Å². The summed E-state index contributed by atoms with van der Waals surface area (Å²) in [6.45, 7) is 4.19. The summed E-state index contributed by atoms with van der Waals surface area (Å²) in [5, 5.41) is 7.15. The van der Waals surface area contributed by atoms with Gasteiger partial charge in [-0.05, 0) is 61.6 Å². The lowest BCUT2D eigenvalue weighted by atomic mass is 10.1. The van der Waals surface area contributed by atoms with Crippen LogP contribution in [0.25, 0.3) is 0 Å². The highest BCUT2D eigenvalue weighted by molar-refractivity contribution is 7.90. The van der Waals surface area contributed by atoms with Crippen LogP contribution in [0.3, 0.4) is 0 Å². The van der Waals surface area contributed by atoms with Crippen LogP contribution in [0.5, 0.6) is 0 Å². The van der Waals surface area contributed by atoms with E-state index in [0.717, 1.165) is 40.9 Å². The molecule has 1 saturated carbocycles. The molecule has 1 aliphatic carbocycles. The number of nitrogens with one attached hydrogen (secondary N) is 3. The maximum absolute atomic E-state index is 12.0. The summed E-state index contributed by atoms with van der Waals surface area (Å²) < 4.78 is 26.6. The van der Waals surface area contributed by atoms with Gasteiger partial charge in [0.15, 0.2) is 5.82 Å². The molecule has 0 unspecified atom stereocenters. The molecule has 0 saturated heterocycles. The first-order valence-electron chi connectivity index (χ1n) is 10.1. The number of aryl methyl sites for hydroxylation is 2. The first-order valence-corrected chi connectivity index (χ1v) is 12.4. The molecule has 4 rings (SSSR count). The minimum Gasteiger partial charge on any atom is -0.339 e. The van der Waals surface area contributed by atoms with Gasteiger partial charge < -0.3 is 10.6 Å². The predicted octanol–water partition coefficient (Wildman–Crippen LogP) is 5.47. The number of aromatic nitrogens is 2. The summed E-state index contributed by atoms with van der Waals surface area (Å²) in [4.78, 5) is 8.72. The molecule has 3 N–H and O–H groups in total. The zero-order chi connectivity index (χ0) is 22.9. The Hall–Kier alpha value is -2.39. The molecule has 1 aliphatic rings. The van der Waals surface area contributed by atoms with Crippen LogP contribution in [0.15, 0.2) is 42.6 Å². The van der Waals surface area contributed by atoms with Gasteiger partial charge in [-0.15, -0.1) is 0 Å². The van der Waals surface area contributed by atoms with Crippen LogP contribution in [-0.4, -0.2) is 23.6 Å². The van der Waals surface area contributed by atoms with Crippen molar-refractivity contribution in [2.45, 2.75) is 38.5 Å². The van der Waals surface area contributed by atoms with Crippen LogP contribution in [-0.2, 0) is 16.6 Å². The van der Waals surface area contributed by atoms with Gasteiger partial charge in [0.25, 0.3) is 0 Å². The van der Waals surface area contributed by atoms with E-state index in [2.05, 4.69) is 25.3 Å². The maximum atomic E-state index is 12.0. The lowest BCUT2D eigenvalue weighted by Gasteiger charge is -2.13. The average molecular weight is 492 g/mol. The summed E-state index contributed by atoms with van der Waals surface area (Å²) in [6, 6.07) is 11.2. The minimum absolute atomic E-state index is 0.231. The van der Waals surface area contributed by atoms with Gasteiger partial charge in [0.2, 0.25) is 16.0 Å². The summed E-state index contributed by atoms with van der Waals surface area (Å²) in [6.07, 6.45) is 3.00. The van der Waals surface area contributed by atoms with Gasteiger partial charge in [-0.2, -0.15) is 4.98 Å². The van der Waals surface area contributed by atoms with E-state index in [9.17, 15) is 8.42 Å². The quantitative estimate of drug-likeness (QED) is 0.386. The number of halogens is 2. The predicted molar refractivity (Wildman–Crippen MR) is 130 cm³/mol. The van der Waals surface area contributed by atoms with Crippen molar-refractivity contribution in [3.8, 4) is 0 Å². The Balaban J connectivity index is 1.44. The van der Waals surface area contributed by atoms with Crippen molar-refractivity contribution in [3.05, 3.63) is 69.3 Å². The highest BCUT2D eigenvalue weighted by atomic mass is 35.5. The standard InChI is InChI=1S/C22H23Cl2N5O2S/c1-13-9-14(2)20(10-18(13)23)28-22-25-12-19(24)21(29-22)27-16-5-3-15(4-6-16)11-26-32(30,31)17-7-8-17/h3-6,9-10,12,17,26H,7-8,11H2,1-2H3,(H2,25,27,28,29). The van der Waals surface area contributed by atoms with Gasteiger partial charge in [-0.25, -0.2) is 18.1 Å². The smallest absolute Gasteiger partial charge is 0.229 e. The van der Waals surface area contributed by atoms with Gasteiger partial charge in [-0.3, -0.25) is 0 Å². The molecule has 0 spiro atoms. The molecule has 7 nitrogen and oxygen atoms in total. The molecule has 1 aromatic heterocycles. The zero-order valence-corrected chi connectivity index (χ0v) is 19.9. The van der Waals surface area contributed by atoms with E-state index in [1.165, 1.54) is 6.20 Å². The second-order valence-corrected chi connectivity index (χ2v) is 10.7. The van der Waals surface area contributed by atoms with Crippen molar-refractivity contribution in [1.82, 2.24) is 14.7 Å². The molecule has 1 fully saturated rings. The van der Waals surface area contributed by atoms with Gasteiger partial charge in [0.1, 0.15) is 5.02 Å². The number of hydrogen-bond donors (Lipinski definition) is 3. The molecular formula is C22H23Cl2N5O2S. The van der Waals surface area contributed by atoms with E-state index in [4.69, 9.17) is 23.2 Å². The molecule has 168 valence electrons. The fourth-order valence-corrected chi connectivity index (χ4v) is 4.78. The topological polar surface area (TPSA) is 96.0 Å². The number of hydrogen-bond acceptors (Lipinski definition) is 6. The molecular weight excluding hydrogens is 469 g/mol. The van der Waals surface area contributed by atoms with E-state index in [1.54, 1.807) is 0 Å². The van der Waals surface area contributed by atoms with Gasteiger partial charge in [0.05, 0.1) is 11.4 Å². The van der Waals surface area contributed by atoms with Crippen molar-refractivity contribution in [2.24, 2.45) is 0 Å². The molecule has 10 heteroatoms. The van der Waals surface area contributed by atoms with Crippen LogP contribution in [0.2, 0.25) is 10.0 Å². The van der Waals surface area contributed by atoms with E-state index < -0.39 is 10.0 Å². The molecule has 3 aromatic rings. The Morgan fingerprint density at radius 3 is 2.41 bits per heavy atom. The van der Waals surface area contributed by atoms with Crippen LogP contribution in [0.4, 0.5) is 23.1 Å². The fourth-order valence-electron chi connectivity index (χ4n) is 3.12. The Morgan fingerprint density at radius 1 is 1.00 bits per heavy atom. The summed E-state index contributed by atoms with van der Waals surface area (Å²) in [5.74, 6) is 0.827. The van der Waals surface area contributed by atoms with Crippen LogP contribution in [0.1, 0.15) is 29.5 Å². The van der Waals surface area contributed by atoms with Crippen molar-refractivity contribution in [1.29, 1.82) is 0 Å². The van der Waals surface area contributed by atoms with E-state index in [1.807, 2.05) is 50.2 Å². The molecule has 1 heterocycles. The van der Waals surface area contributed by atoms with Crippen LogP contribution < -0.4 is 15.4 Å². The van der Waals surface area contributed by atoms with Gasteiger partial charge in [0, 0.05) is 22.9 Å². The summed E-state index contributed by atoms with van der Waals surface area (Å²) in [7, 11) is -3.20. The molecule has 32 heavy (non-hydrogen) atoms. The number of benzene rings is 2. The largest absolute Gasteiger partial charge is 0.339 e. The van der Waals surface area contributed by atoms with Crippen molar-refractivity contribution in [2.75, 3.05) is 10.6 Å². The molecule has 0 atom stereocenters. The molecule has 0 amide bonds. The lowest BCUT2D eigenvalue weighted by molar-refractivity contribution is 0.580. The van der Waals surface area contributed by atoms with Crippen molar-refractivity contribution >= 4 is 56.4 Å². The molecule has 2 aromatic carbocycles. The number of rotatable bonds is 8. The Bertz CT molecular complexity index is 1250. The highest BCUT2D eigenvalue weighted by Crippen LogP contribution is 2.29. The second kappa shape index (κ2) is 9.23. The van der Waals surface area contributed by atoms with E-state index in [0.29, 0.717) is 21.8 Å². The first-order chi connectivity index (χ1) is 15.2. The second-order valence-electron chi connectivity index (χ2n) is 7.82. The Kier molecular flexibility index (Phi) is 6.57. The highest BCUT2D eigenvalue weighted by Gasteiger charge is 2.35. The summed E-state index contributed by atoms with van der Waals surface area (Å²) in [5.41, 5.74) is 4.46. The Labute approximate surface area is 197 Å². The van der Waals surface area contributed by atoms with Crippen LogP contribution in [0, 0.1) is 13.8 Å². The van der Waals surface area contributed by atoms with Crippen molar-refractivity contribution < 1.29 is 8.42 Å². The third-order valence-electron chi connectivity index (χ3n) is 5.15.